The van der Waals surface area contributed by atoms with Gasteiger partial charge in [-0.05, 0) is 5.56 Å². The van der Waals surface area contributed by atoms with Crippen LogP contribution < -0.4 is 9.99 Å². The van der Waals surface area contributed by atoms with E-state index in [0.29, 0.717) is 4.91 Å². The van der Waals surface area contributed by atoms with Crippen molar-refractivity contribution in [1.29, 1.82) is 0 Å². The molecule has 1 heterocycles. The van der Waals surface area contributed by atoms with Gasteiger partial charge >= 0.3 is 4.89 Å². The number of rotatable bonds is 1. The molecular formula is C8H5NO2S. The third kappa shape index (κ3) is 1.26. The van der Waals surface area contributed by atoms with Crippen LogP contribution in [0.3, 0.4) is 0 Å². The molecule has 1 aliphatic heterocycles. The first-order valence-corrected chi connectivity index (χ1v) is 4.16. The first-order valence-electron chi connectivity index (χ1n) is 3.39. The molecule has 0 aliphatic carbocycles. The molecule has 0 N–H and O–H groups in total. The molecule has 0 saturated carbocycles. The van der Waals surface area contributed by atoms with Crippen molar-refractivity contribution in [1.82, 2.24) is 4.89 Å². The Kier molecular flexibility index (Phi) is 1.93. The molecule has 0 unspecified atom stereocenters. The molecule has 0 bridgehead atoms. The SMILES string of the molecule is [O-]C1=C(c2ccccc2)S[N+]O1. The Bertz CT molecular complexity index is 310. The molecule has 0 amide bonds. The summed E-state index contributed by atoms with van der Waals surface area (Å²) >= 11 is 1.07. The van der Waals surface area contributed by atoms with Crippen molar-refractivity contribution < 1.29 is 9.94 Å². The number of benzene rings is 1. The average molecular weight is 179 g/mol. The molecular weight excluding hydrogens is 174 g/mol. The summed E-state index contributed by atoms with van der Waals surface area (Å²) in [6.45, 7) is 0. The van der Waals surface area contributed by atoms with Crippen LogP contribution in [0.4, 0.5) is 0 Å². The zero-order valence-corrected chi connectivity index (χ0v) is 6.88. The van der Waals surface area contributed by atoms with Gasteiger partial charge in [-0.3, -0.25) is 0 Å². The summed E-state index contributed by atoms with van der Waals surface area (Å²) in [5, 5.41) is 11.0. The van der Waals surface area contributed by atoms with Crippen LogP contribution in [0.1, 0.15) is 5.56 Å². The van der Waals surface area contributed by atoms with Crippen LogP contribution >= 0.6 is 11.9 Å². The van der Waals surface area contributed by atoms with Crippen LogP contribution in [0.25, 0.3) is 4.91 Å². The summed E-state index contributed by atoms with van der Waals surface area (Å²) in [7, 11) is 0. The highest BCUT2D eigenvalue weighted by Gasteiger charge is 2.24. The second kappa shape index (κ2) is 3.08. The molecule has 1 aromatic carbocycles. The smallest absolute Gasteiger partial charge is 0.321 e. The average Bonchev–Trinajstić information content (AvgIpc) is 2.53. The third-order valence-corrected chi connectivity index (χ3v) is 2.20. The van der Waals surface area contributed by atoms with Gasteiger partial charge in [-0.15, -0.1) is 0 Å². The van der Waals surface area contributed by atoms with E-state index in [0.717, 1.165) is 17.5 Å². The van der Waals surface area contributed by atoms with Crippen LogP contribution in [0.5, 0.6) is 0 Å². The monoisotopic (exact) mass is 179 g/mol. The minimum absolute atomic E-state index is 0.369. The molecule has 2 radical (unpaired) electrons. The maximum absolute atomic E-state index is 11.0. The summed E-state index contributed by atoms with van der Waals surface area (Å²) in [5.74, 6) is -0.369. The van der Waals surface area contributed by atoms with Crippen molar-refractivity contribution in [2.75, 3.05) is 0 Å². The van der Waals surface area contributed by atoms with Crippen molar-refractivity contribution in [2.45, 2.75) is 0 Å². The van der Waals surface area contributed by atoms with Gasteiger partial charge in [0.15, 0.2) is 0 Å². The number of hydrogen-bond donors (Lipinski definition) is 0. The largest absolute Gasteiger partial charge is 0.540 e. The fourth-order valence-corrected chi connectivity index (χ4v) is 1.46. The van der Waals surface area contributed by atoms with Crippen molar-refractivity contribution in [3.05, 3.63) is 41.8 Å². The van der Waals surface area contributed by atoms with E-state index in [1.165, 1.54) is 0 Å². The minimum atomic E-state index is -0.369. The van der Waals surface area contributed by atoms with Crippen molar-refractivity contribution >= 4 is 16.9 Å². The van der Waals surface area contributed by atoms with Crippen LogP contribution in [0, 0.1) is 0 Å². The highest BCUT2D eigenvalue weighted by molar-refractivity contribution is 8.06. The fraction of sp³-hybridized carbons (Fsp3) is 0. The van der Waals surface area contributed by atoms with E-state index < -0.39 is 0 Å². The van der Waals surface area contributed by atoms with Gasteiger partial charge in [0, 0.05) is 0 Å². The summed E-state index contributed by atoms with van der Waals surface area (Å²) in [6, 6.07) is 9.34. The second-order valence-electron chi connectivity index (χ2n) is 2.24. The Balaban J connectivity index is 2.37. The highest BCUT2D eigenvalue weighted by Crippen LogP contribution is 2.32. The fourth-order valence-electron chi connectivity index (χ4n) is 0.929. The van der Waals surface area contributed by atoms with Gasteiger partial charge in [0.05, 0.1) is 0 Å². The van der Waals surface area contributed by atoms with Crippen molar-refractivity contribution in [3.63, 3.8) is 0 Å². The van der Waals surface area contributed by atoms with E-state index in [1.54, 1.807) is 0 Å². The van der Waals surface area contributed by atoms with Gasteiger partial charge in [0.25, 0.3) is 11.9 Å². The maximum atomic E-state index is 11.0. The Morgan fingerprint density at radius 2 is 2.00 bits per heavy atom. The molecule has 0 fully saturated rings. The molecule has 4 heteroatoms. The summed E-state index contributed by atoms with van der Waals surface area (Å²) in [4.78, 5) is 8.44. The summed E-state index contributed by atoms with van der Waals surface area (Å²) in [6.07, 6.45) is 0. The van der Waals surface area contributed by atoms with Crippen LogP contribution in [0.2, 0.25) is 0 Å². The van der Waals surface area contributed by atoms with Gasteiger partial charge < -0.3 is 9.94 Å². The molecule has 3 nitrogen and oxygen atoms in total. The molecule has 1 aliphatic rings. The van der Waals surface area contributed by atoms with Gasteiger partial charge in [0.1, 0.15) is 10.9 Å². The second-order valence-corrected chi connectivity index (χ2v) is 2.98. The predicted octanol–water partition coefficient (Wildman–Crippen LogP) is 0.871. The first-order chi connectivity index (χ1) is 5.88. The van der Waals surface area contributed by atoms with Crippen LogP contribution in [-0.4, -0.2) is 0 Å². The van der Waals surface area contributed by atoms with Crippen LogP contribution in [-0.2, 0) is 4.84 Å². The molecule has 12 heavy (non-hydrogen) atoms. The molecule has 0 saturated heterocycles. The lowest BCUT2D eigenvalue weighted by Gasteiger charge is -1.97. The molecule has 0 atom stereocenters. The quantitative estimate of drug-likeness (QED) is 0.601. The van der Waals surface area contributed by atoms with E-state index >= 15 is 0 Å². The van der Waals surface area contributed by atoms with Gasteiger partial charge in [-0.25, -0.2) is 0 Å². The third-order valence-electron chi connectivity index (χ3n) is 1.47. The molecule has 1 aromatic rings. The van der Waals surface area contributed by atoms with Gasteiger partial charge in [-0.2, -0.15) is 0 Å². The van der Waals surface area contributed by atoms with Crippen molar-refractivity contribution in [2.24, 2.45) is 0 Å². The lowest BCUT2D eigenvalue weighted by Crippen LogP contribution is -2.05. The Morgan fingerprint density at radius 3 is 2.58 bits per heavy atom. The van der Waals surface area contributed by atoms with E-state index in [9.17, 15) is 5.11 Å². The van der Waals surface area contributed by atoms with Crippen molar-refractivity contribution in [3.8, 4) is 0 Å². The summed E-state index contributed by atoms with van der Waals surface area (Å²) in [5.41, 5.74) is 0.855. The Hall–Kier alpha value is -1.13. The zero-order chi connectivity index (χ0) is 8.39. The lowest BCUT2D eigenvalue weighted by atomic mass is 10.2. The van der Waals surface area contributed by atoms with E-state index in [1.807, 2.05) is 30.3 Å². The molecule has 0 aromatic heterocycles. The lowest BCUT2D eigenvalue weighted by molar-refractivity contribution is -0.358. The van der Waals surface area contributed by atoms with E-state index in [4.69, 9.17) is 0 Å². The maximum Gasteiger partial charge on any atom is 0.321 e. The molecule has 60 valence electrons. The zero-order valence-electron chi connectivity index (χ0n) is 6.06. The standard InChI is InChI=1S/C8H6NO2S/c10-8-7(12-9-11-8)6-4-2-1-3-5-6/h1-5,10H/q+1/p-1. The summed E-state index contributed by atoms with van der Waals surface area (Å²) < 4.78 is 0. The molecule has 0 spiro atoms. The van der Waals surface area contributed by atoms with Crippen LogP contribution in [0.15, 0.2) is 36.3 Å². The Labute approximate surface area is 74.1 Å². The minimum Gasteiger partial charge on any atom is -0.540 e. The topological polar surface area (TPSA) is 46.4 Å². The number of hydrogen-bond acceptors (Lipinski definition) is 3. The van der Waals surface area contributed by atoms with Gasteiger partial charge in [-0.1, -0.05) is 30.3 Å². The number of nitrogens with zero attached hydrogens (tertiary/aromatic N) is 1. The van der Waals surface area contributed by atoms with E-state index in [2.05, 4.69) is 9.72 Å². The Morgan fingerprint density at radius 1 is 1.25 bits per heavy atom. The van der Waals surface area contributed by atoms with Gasteiger partial charge in [0.2, 0.25) is 0 Å². The first kappa shape index (κ1) is 7.52. The predicted molar refractivity (Wildman–Crippen MR) is 44.2 cm³/mol. The normalized spacial score (nSPS) is 16.3. The highest BCUT2D eigenvalue weighted by atomic mass is 32.2. The molecule has 2 rings (SSSR count). The van der Waals surface area contributed by atoms with E-state index in [-0.39, 0.29) is 5.95 Å².